The second-order valence-electron chi connectivity index (χ2n) is 9.40. The summed E-state index contributed by atoms with van der Waals surface area (Å²) in [6, 6.07) is 9.59. The molecular weight excluding hydrogens is 573 g/mol. The number of aromatic amines is 1. The normalized spacial score (nSPS) is 20.3. The van der Waals surface area contributed by atoms with Crippen LogP contribution in [0, 0.1) is 17.2 Å². The molecular formula is C25H29N7O9P+. The minimum atomic E-state index is -2.80. The van der Waals surface area contributed by atoms with Gasteiger partial charge in [0.2, 0.25) is 11.9 Å². The number of nitriles is 1. The molecule has 2 amide bonds. The molecule has 2 aromatic heterocycles. The highest BCUT2D eigenvalue weighted by Gasteiger charge is 2.52. The van der Waals surface area contributed by atoms with E-state index in [4.69, 9.17) is 23.8 Å². The lowest BCUT2D eigenvalue weighted by Crippen LogP contribution is -2.47. The summed E-state index contributed by atoms with van der Waals surface area (Å²) in [4.78, 5) is 48.7. The van der Waals surface area contributed by atoms with Gasteiger partial charge < -0.3 is 19.9 Å². The van der Waals surface area contributed by atoms with Crippen LogP contribution in [0.3, 0.4) is 0 Å². The number of carbonyl (C=O) groups excluding carboxylic acids is 2. The summed E-state index contributed by atoms with van der Waals surface area (Å²) in [5.74, 6) is -0.932. The molecule has 1 saturated heterocycles. The molecule has 3 aromatic rings. The molecule has 4 N–H and O–H groups in total. The summed E-state index contributed by atoms with van der Waals surface area (Å²) in [6.07, 6.45) is -3.27. The average Bonchev–Trinajstić information content (AvgIpc) is 3.54. The van der Waals surface area contributed by atoms with Gasteiger partial charge >= 0.3 is 14.3 Å². The lowest BCUT2D eigenvalue weighted by atomic mass is 10.1. The van der Waals surface area contributed by atoms with Gasteiger partial charge in [-0.1, -0.05) is 44.2 Å². The Kier molecular flexibility index (Phi) is 10.3. The average molecular weight is 603 g/mol. The molecule has 16 nitrogen and oxygen atoms in total. The SMILES string of the molecule is CC(C)C(=O)Nc1nc2c(ncn2[C@@H]2O[C@H](CO)[C@@H](O[P+](=O)OCCC#N)[C@H]2NC(=O)OCc2ccccc2)c(=O)[nH]1. The van der Waals surface area contributed by atoms with Crippen molar-refractivity contribution in [3.05, 3.63) is 52.6 Å². The number of hydrogen-bond donors (Lipinski definition) is 4. The van der Waals surface area contributed by atoms with Crippen LogP contribution in [-0.4, -0.2) is 68.1 Å². The number of aromatic nitrogens is 4. The molecule has 1 aromatic carbocycles. The molecule has 0 spiro atoms. The van der Waals surface area contributed by atoms with E-state index in [0.717, 1.165) is 5.56 Å². The third-order valence-corrected chi connectivity index (χ3v) is 6.92. The molecule has 0 radical (unpaired) electrons. The van der Waals surface area contributed by atoms with Crippen LogP contribution in [0.15, 0.2) is 41.5 Å². The molecule has 1 aliphatic heterocycles. The number of hydrogen-bond acceptors (Lipinski definition) is 12. The lowest BCUT2D eigenvalue weighted by molar-refractivity contribution is -0.118. The van der Waals surface area contributed by atoms with Gasteiger partial charge in [-0.2, -0.15) is 10.2 Å². The van der Waals surface area contributed by atoms with Gasteiger partial charge in [-0.05, 0) is 5.56 Å². The fourth-order valence-electron chi connectivity index (χ4n) is 4.04. The van der Waals surface area contributed by atoms with Crippen LogP contribution in [0.5, 0.6) is 0 Å². The van der Waals surface area contributed by atoms with E-state index >= 15 is 0 Å². The second kappa shape index (κ2) is 14.1. The number of aliphatic hydroxyl groups excluding tert-OH is 1. The summed E-state index contributed by atoms with van der Waals surface area (Å²) in [5.41, 5.74) is -0.0356. The maximum Gasteiger partial charge on any atom is 0.697 e. The van der Waals surface area contributed by atoms with E-state index in [1.54, 1.807) is 38.1 Å². The number of carbonyl (C=O) groups is 2. The predicted molar refractivity (Wildman–Crippen MR) is 145 cm³/mol. The largest absolute Gasteiger partial charge is 0.697 e. The molecule has 5 atom stereocenters. The number of alkyl carbamates (subject to hydrolysis) is 1. The molecule has 0 saturated carbocycles. The molecule has 1 aliphatic rings. The van der Waals surface area contributed by atoms with Gasteiger partial charge in [0, 0.05) is 10.5 Å². The summed E-state index contributed by atoms with van der Waals surface area (Å²) in [6.45, 7) is 2.48. The Hall–Kier alpha value is -4.26. The maximum absolute atomic E-state index is 12.9. The van der Waals surface area contributed by atoms with Gasteiger partial charge in [0.05, 0.1) is 25.4 Å². The van der Waals surface area contributed by atoms with Crippen molar-refractivity contribution in [1.82, 2.24) is 24.8 Å². The number of aliphatic hydroxyl groups is 1. The van der Waals surface area contributed by atoms with Crippen LogP contribution >= 0.6 is 8.25 Å². The first-order valence-electron chi connectivity index (χ1n) is 12.9. The molecule has 42 heavy (non-hydrogen) atoms. The van der Waals surface area contributed by atoms with E-state index in [2.05, 4.69) is 25.6 Å². The van der Waals surface area contributed by atoms with Crippen molar-refractivity contribution < 1.29 is 37.8 Å². The van der Waals surface area contributed by atoms with E-state index in [-0.39, 0.29) is 36.7 Å². The van der Waals surface area contributed by atoms with E-state index in [0.29, 0.717) is 0 Å². The van der Waals surface area contributed by atoms with Gasteiger partial charge in [0.15, 0.2) is 23.5 Å². The highest BCUT2D eigenvalue weighted by molar-refractivity contribution is 7.33. The van der Waals surface area contributed by atoms with Crippen molar-refractivity contribution in [3.63, 3.8) is 0 Å². The van der Waals surface area contributed by atoms with Gasteiger partial charge in [0.25, 0.3) is 5.56 Å². The summed E-state index contributed by atoms with van der Waals surface area (Å²) in [7, 11) is -2.80. The molecule has 3 heterocycles. The van der Waals surface area contributed by atoms with E-state index in [9.17, 15) is 24.1 Å². The van der Waals surface area contributed by atoms with Crippen molar-refractivity contribution >= 4 is 37.4 Å². The van der Waals surface area contributed by atoms with Crippen LogP contribution in [0.4, 0.5) is 10.7 Å². The number of benzene rings is 1. The fraction of sp³-hybridized carbons (Fsp3) is 0.440. The van der Waals surface area contributed by atoms with Crippen molar-refractivity contribution in [3.8, 4) is 6.07 Å². The van der Waals surface area contributed by atoms with Gasteiger partial charge in [-0.3, -0.25) is 24.5 Å². The highest BCUT2D eigenvalue weighted by atomic mass is 31.1. The number of imidazole rings is 1. The Balaban J connectivity index is 1.65. The third-order valence-electron chi connectivity index (χ3n) is 6.11. The number of amides is 2. The standard InChI is InChI=1S/C25H28N7O9P/c1-14(2)21(34)30-24-29-20-18(22(35)31-24)27-13-32(20)23-17(28-25(36)38-12-15-7-4-3-5-8-15)19(16(11-33)40-23)41-42(37)39-10-6-9-26/h3-5,7-8,13-14,16-17,19,23,33H,6,10-12H2,1-2H3,(H2-,28,29,30,31,34,35,36)/p+1/t16-,17-,19-,23-/m1/s1. The van der Waals surface area contributed by atoms with E-state index in [1.807, 2.05) is 12.1 Å². The molecule has 1 unspecified atom stereocenters. The van der Waals surface area contributed by atoms with Crippen LogP contribution in [0.1, 0.15) is 32.1 Å². The quantitative estimate of drug-likeness (QED) is 0.172. The van der Waals surface area contributed by atoms with Crippen LogP contribution < -0.4 is 16.2 Å². The van der Waals surface area contributed by atoms with Gasteiger partial charge in [-0.25, -0.2) is 9.78 Å². The maximum atomic E-state index is 12.9. The van der Waals surface area contributed by atoms with Crippen LogP contribution in [-0.2, 0) is 34.5 Å². The first kappa shape index (κ1) is 30.7. The molecule has 0 aliphatic carbocycles. The number of nitrogens with zero attached hydrogens (tertiary/aromatic N) is 4. The molecule has 1 fully saturated rings. The summed E-state index contributed by atoms with van der Waals surface area (Å²) < 4.78 is 35.8. The Morgan fingerprint density at radius 3 is 2.76 bits per heavy atom. The number of anilines is 1. The summed E-state index contributed by atoms with van der Waals surface area (Å²) in [5, 5.41) is 23.9. The van der Waals surface area contributed by atoms with Crippen molar-refractivity contribution in [2.75, 3.05) is 18.5 Å². The topological polar surface area (TPSA) is 220 Å². The third kappa shape index (κ3) is 7.32. The van der Waals surface area contributed by atoms with Crippen LogP contribution in [0.2, 0.25) is 0 Å². The van der Waals surface area contributed by atoms with Gasteiger partial charge in [-0.15, -0.1) is 9.05 Å². The monoisotopic (exact) mass is 602 g/mol. The smallest absolute Gasteiger partial charge is 0.445 e. The molecule has 0 bridgehead atoms. The highest BCUT2D eigenvalue weighted by Crippen LogP contribution is 2.38. The first-order chi connectivity index (χ1) is 20.2. The van der Waals surface area contributed by atoms with Gasteiger partial charge in [0.1, 0.15) is 25.4 Å². The minimum absolute atomic E-state index is 0.0146. The number of fused-ring (bicyclic) bond motifs is 1. The second-order valence-corrected chi connectivity index (χ2v) is 10.3. The zero-order valence-corrected chi connectivity index (χ0v) is 23.5. The Labute approximate surface area is 239 Å². The van der Waals surface area contributed by atoms with Crippen molar-refractivity contribution in [2.24, 2.45) is 5.92 Å². The first-order valence-corrected chi connectivity index (χ1v) is 14.0. The minimum Gasteiger partial charge on any atom is -0.445 e. The van der Waals surface area contributed by atoms with Crippen molar-refractivity contribution in [2.45, 2.75) is 51.4 Å². The number of rotatable bonds is 12. The lowest BCUT2D eigenvalue weighted by Gasteiger charge is -2.22. The number of ether oxygens (including phenoxy) is 2. The predicted octanol–water partition coefficient (Wildman–Crippen LogP) is 1.87. The molecule has 4 rings (SSSR count). The van der Waals surface area contributed by atoms with Crippen LogP contribution in [0.25, 0.3) is 11.2 Å². The Morgan fingerprint density at radius 2 is 2.07 bits per heavy atom. The van der Waals surface area contributed by atoms with E-state index < -0.39 is 62.8 Å². The Bertz CT molecular complexity index is 1520. The zero-order valence-electron chi connectivity index (χ0n) is 22.6. The zero-order chi connectivity index (χ0) is 30.2. The summed E-state index contributed by atoms with van der Waals surface area (Å²) >= 11 is 0. The molecule has 222 valence electrons. The molecule has 17 heteroatoms. The van der Waals surface area contributed by atoms with E-state index in [1.165, 1.54) is 10.9 Å². The van der Waals surface area contributed by atoms with Crippen molar-refractivity contribution in [1.29, 1.82) is 5.26 Å². The number of H-pyrrole nitrogens is 1. The fourth-order valence-corrected chi connectivity index (χ4v) is 4.80. The number of nitrogens with one attached hydrogen (secondary N) is 3. The Morgan fingerprint density at radius 1 is 1.31 bits per heavy atom.